The van der Waals surface area contributed by atoms with Crippen molar-refractivity contribution in [2.75, 3.05) is 43.7 Å². The Morgan fingerprint density at radius 2 is 2.27 bits per heavy atom. The first-order valence-electron chi connectivity index (χ1n) is 8.39. The predicted octanol–water partition coefficient (Wildman–Crippen LogP) is 1.33. The molecule has 140 valence electrons. The van der Waals surface area contributed by atoms with Gasteiger partial charge < -0.3 is 24.5 Å². The minimum atomic E-state index is -0.438. The van der Waals surface area contributed by atoms with E-state index in [2.05, 4.69) is 10.5 Å². The second kappa shape index (κ2) is 7.51. The number of hydrogen-bond donors (Lipinski definition) is 1. The van der Waals surface area contributed by atoms with Crippen molar-refractivity contribution in [2.24, 2.45) is 5.16 Å². The summed E-state index contributed by atoms with van der Waals surface area (Å²) >= 11 is 0. The van der Waals surface area contributed by atoms with E-state index in [4.69, 9.17) is 14.3 Å². The average Bonchev–Trinajstić information content (AvgIpc) is 3.02. The fourth-order valence-corrected chi connectivity index (χ4v) is 2.83. The van der Waals surface area contributed by atoms with Crippen molar-refractivity contribution >= 4 is 29.2 Å². The zero-order chi connectivity index (χ0) is 18.7. The van der Waals surface area contributed by atoms with Crippen molar-refractivity contribution in [3.8, 4) is 5.75 Å². The molecule has 2 aliphatic rings. The van der Waals surface area contributed by atoms with Gasteiger partial charge in [0.2, 0.25) is 5.91 Å². The van der Waals surface area contributed by atoms with Gasteiger partial charge in [0.25, 0.3) is 0 Å². The van der Waals surface area contributed by atoms with Crippen LogP contribution in [-0.2, 0) is 14.4 Å². The third-order valence-electron chi connectivity index (χ3n) is 4.28. The molecule has 1 aromatic rings. The molecule has 0 bridgehead atoms. The molecule has 0 radical (unpaired) electrons. The molecule has 26 heavy (non-hydrogen) atoms. The summed E-state index contributed by atoms with van der Waals surface area (Å²) in [6, 6.07) is 5.47. The number of amides is 2. The normalized spacial score (nSPS) is 20.5. The summed E-state index contributed by atoms with van der Waals surface area (Å²) in [5.41, 5.74) is 1.51. The van der Waals surface area contributed by atoms with Gasteiger partial charge in [0, 0.05) is 19.5 Å². The van der Waals surface area contributed by atoms with Crippen LogP contribution < -0.4 is 19.9 Å². The monoisotopic (exact) mass is 362 g/mol. The number of anilines is 2. The molecule has 2 heterocycles. The number of cyclic esters (lactones) is 1. The standard InChI is InChI=1S/C17H22N4O5/c1-4-16(22)18-8-12-9-21(17(23)26-12)11-5-6-13-14(7-11)25-10-15(19-24-3)20(13)2/h5-7,12H,4,8-10H2,1-3H3,(H,18,22)/t12-/m0/s1. The minimum Gasteiger partial charge on any atom is -0.483 e. The number of nitrogens with one attached hydrogen (secondary N) is 1. The Bertz CT molecular complexity index is 736. The van der Waals surface area contributed by atoms with E-state index in [0.717, 1.165) is 5.69 Å². The van der Waals surface area contributed by atoms with E-state index in [1.54, 1.807) is 13.0 Å². The largest absolute Gasteiger partial charge is 0.483 e. The third kappa shape index (κ3) is 3.51. The summed E-state index contributed by atoms with van der Waals surface area (Å²) in [6.45, 7) is 2.72. The maximum absolute atomic E-state index is 12.2. The first-order valence-corrected chi connectivity index (χ1v) is 8.39. The Morgan fingerprint density at radius 3 is 3.00 bits per heavy atom. The fourth-order valence-electron chi connectivity index (χ4n) is 2.83. The van der Waals surface area contributed by atoms with Gasteiger partial charge in [-0.15, -0.1) is 0 Å². The molecule has 0 spiro atoms. The summed E-state index contributed by atoms with van der Waals surface area (Å²) < 4.78 is 11.0. The molecule has 0 unspecified atom stereocenters. The predicted molar refractivity (Wildman–Crippen MR) is 95.7 cm³/mol. The van der Waals surface area contributed by atoms with E-state index in [1.165, 1.54) is 12.0 Å². The highest BCUT2D eigenvalue weighted by Crippen LogP contribution is 2.36. The number of rotatable bonds is 5. The first-order chi connectivity index (χ1) is 12.5. The Balaban J connectivity index is 1.72. The van der Waals surface area contributed by atoms with Crippen molar-refractivity contribution < 1.29 is 23.9 Å². The molecule has 3 rings (SSSR count). The van der Waals surface area contributed by atoms with Crippen molar-refractivity contribution in [1.29, 1.82) is 0 Å². The molecule has 1 fully saturated rings. The van der Waals surface area contributed by atoms with Gasteiger partial charge in [-0.2, -0.15) is 0 Å². The zero-order valence-corrected chi connectivity index (χ0v) is 15.0. The van der Waals surface area contributed by atoms with Crippen LogP contribution in [0.3, 0.4) is 0 Å². The lowest BCUT2D eigenvalue weighted by molar-refractivity contribution is -0.121. The number of carbonyl (C=O) groups excluding carboxylic acids is 2. The maximum Gasteiger partial charge on any atom is 0.414 e. The van der Waals surface area contributed by atoms with Gasteiger partial charge in [-0.05, 0) is 12.1 Å². The van der Waals surface area contributed by atoms with Crippen LogP contribution in [-0.4, -0.2) is 57.8 Å². The molecule has 1 aromatic carbocycles. The van der Waals surface area contributed by atoms with Gasteiger partial charge in [0.05, 0.1) is 24.5 Å². The van der Waals surface area contributed by atoms with Crippen LogP contribution in [0.1, 0.15) is 13.3 Å². The average molecular weight is 362 g/mol. The highest BCUT2D eigenvalue weighted by Gasteiger charge is 2.33. The number of ether oxygens (including phenoxy) is 2. The molecular weight excluding hydrogens is 340 g/mol. The lowest BCUT2D eigenvalue weighted by Gasteiger charge is -2.29. The van der Waals surface area contributed by atoms with Gasteiger partial charge in [-0.1, -0.05) is 12.1 Å². The van der Waals surface area contributed by atoms with Crippen LogP contribution in [0.5, 0.6) is 5.75 Å². The van der Waals surface area contributed by atoms with Gasteiger partial charge in [0.15, 0.2) is 5.84 Å². The van der Waals surface area contributed by atoms with Crippen LogP contribution in [0.2, 0.25) is 0 Å². The molecule has 0 aliphatic carbocycles. The molecule has 1 atom stereocenters. The van der Waals surface area contributed by atoms with Gasteiger partial charge in [-0.3, -0.25) is 9.69 Å². The smallest absolute Gasteiger partial charge is 0.414 e. The van der Waals surface area contributed by atoms with E-state index in [9.17, 15) is 9.59 Å². The van der Waals surface area contributed by atoms with E-state index >= 15 is 0 Å². The Morgan fingerprint density at radius 1 is 1.46 bits per heavy atom. The molecule has 9 heteroatoms. The number of hydrogen-bond acceptors (Lipinski definition) is 6. The fraction of sp³-hybridized carbons (Fsp3) is 0.471. The molecular formula is C17H22N4O5. The summed E-state index contributed by atoms with van der Waals surface area (Å²) in [5.74, 6) is 1.23. The topological polar surface area (TPSA) is 92.7 Å². The summed E-state index contributed by atoms with van der Waals surface area (Å²) in [6.07, 6.45) is -0.418. The van der Waals surface area contributed by atoms with E-state index < -0.39 is 6.09 Å². The molecule has 2 amide bonds. The minimum absolute atomic E-state index is 0.0711. The van der Waals surface area contributed by atoms with Crippen LogP contribution in [0.4, 0.5) is 16.2 Å². The second-order valence-electron chi connectivity index (χ2n) is 5.96. The summed E-state index contributed by atoms with van der Waals surface area (Å²) in [5, 5.41) is 6.67. The van der Waals surface area contributed by atoms with E-state index in [-0.39, 0.29) is 18.6 Å². The molecule has 1 saturated heterocycles. The number of amidine groups is 1. The Kier molecular flexibility index (Phi) is 5.15. The SMILES string of the molecule is CCC(=O)NC[C@H]1CN(c2ccc3c(c2)OCC(=NOC)N3C)C(=O)O1. The van der Waals surface area contributed by atoms with Crippen molar-refractivity contribution in [3.05, 3.63) is 18.2 Å². The zero-order valence-electron chi connectivity index (χ0n) is 15.0. The number of fused-ring (bicyclic) bond motifs is 1. The second-order valence-corrected chi connectivity index (χ2v) is 5.96. The third-order valence-corrected chi connectivity index (χ3v) is 4.28. The van der Waals surface area contributed by atoms with E-state index in [1.807, 2.05) is 24.1 Å². The molecule has 9 nitrogen and oxygen atoms in total. The summed E-state index contributed by atoms with van der Waals surface area (Å²) in [7, 11) is 3.35. The molecule has 1 N–H and O–H groups in total. The first kappa shape index (κ1) is 17.8. The van der Waals surface area contributed by atoms with Crippen molar-refractivity contribution in [3.63, 3.8) is 0 Å². The lowest BCUT2D eigenvalue weighted by Crippen LogP contribution is -2.36. The van der Waals surface area contributed by atoms with Crippen molar-refractivity contribution in [2.45, 2.75) is 19.4 Å². The lowest BCUT2D eigenvalue weighted by atomic mass is 10.2. The molecule has 2 aliphatic heterocycles. The Labute approximate surface area is 151 Å². The molecule has 0 saturated carbocycles. The number of carbonyl (C=O) groups is 2. The van der Waals surface area contributed by atoms with Crippen LogP contribution in [0, 0.1) is 0 Å². The van der Waals surface area contributed by atoms with Crippen LogP contribution >= 0.6 is 0 Å². The van der Waals surface area contributed by atoms with E-state index in [0.29, 0.717) is 36.8 Å². The molecule has 0 aromatic heterocycles. The number of nitrogens with zero attached hydrogens (tertiary/aromatic N) is 3. The maximum atomic E-state index is 12.2. The number of oxime groups is 1. The van der Waals surface area contributed by atoms with Crippen molar-refractivity contribution in [1.82, 2.24) is 5.32 Å². The van der Waals surface area contributed by atoms with Crippen LogP contribution in [0.15, 0.2) is 23.4 Å². The summed E-state index contributed by atoms with van der Waals surface area (Å²) in [4.78, 5) is 31.8. The highest BCUT2D eigenvalue weighted by molar-refractivity contribution is 6.01. The quantitative estimate of drug-likeness (QED) is 0.795. The Hall–Kier alpha value is -2.97. The van der Waals surface area contributed by atoms with Gasteiger partial charge >= 0.3 is 6.09 Å². The van der Waals surface area contributed by atoms with Gasteiger partial charge in [0.1, 0.15) is 25.6 Å². The number of benzene rings is 1. The van der Waals surface area contributed by atoms with Crippen LogP contribution in [0.25, 0.3) is 0 Å². The van der Waals surface area contributed by atoms with Gasteiger partial charge in [-0.25, -0.2) is 4.79 Å². The highest BCUT2D eigenvalue weighted by atomic mass is 16.6. The number of likely N-dealkylation sites (N-methyl/N-ethyl adjacent to an activating group) is 1.